The number of hydrogen-bond acceptors (Lipinski definition) is 4. The van der Waals surface area contributed by atoms with E-state index in [0.29, 0.717) is 6.04 Å². The van der Waals surface area contributed by atoms with Crippen LogP contribution >= 0.6 is 0 Å². The Morgan fingerprint density at radius 2 is 2.24 bits per heavy atom. The number of ether oxygens (including phenoxy) is 2. The predicted octanol–water partition coefficient (Wildman–Crippen LogP) is 2.18. The molecule has 0 spiro atoms. The van der Waals surface area contributed by atoms with Crippen molar-refractivity contribution in [3.05, 3.63) is 24.3 Å². The van der Waals surface area contributed by atoms with Gasteiger partial charge in [-0.25, -0.2) is 0 Å². The number of anilines is 1. The summed E-state index contributed by atoms with van der Waals surface area (Å²) in [4.78, 5) is 0. The van der Waals surface area contributed by atoms with E-state index in [1.165, 1.54) is 0 Å². The number of hydrogen-bond donors (Lipinski definition) is 1. The molecule has 0 amide bonds. The predicted molar refractivity (Wildman–Crippen MR) is 65.0 cm³/mol. The minimum Gasteiger partial charge on any atom is -0.479 e. The van der Waals surface area contributed by atoms with E-state index in [2.05, 4.69) is 5.32 Å². The van der Waals surface area contributed by atoms with E-state index in [1.54, 1.807) is 0 Å². The van der Waals surface area contributed by atoms with Crippen LogP contribution in [0.25, 0.3) is 0 Å². The van der Waals surface area contributed by atoms with E-state index >= 15 is 0 Å². The molecule has 1 saturated heterocycles. The molecule has 0 bridgehead atoms. The van der Waals surface area contributed by atoms with Gasteiger partial charge in [0.05, 0.1) is 6.61 Å². The second-order valence-electron chi connectivity index (χ2n) is 4.03. The summed E-state index contributed by atoms with van der Waals surface area (Å²) in [5.41, 5.74) is 1.06. The molecule has 1 aliphatic rings. The molecule has 0 aromatic heterocycles. The lowest BCUT2D eigenvalue weighted by Gasteiger charge is -2.24. The topological polar surface area (TPSA) is 54.3 Å². The van der Waals surface area contributed by atoms with Gasteiger partial charge in [0.1, 0.15) is 11.8 Å². The van der Waals surface area contributed by atoms with Crippen molar-refractivity contribution in [2.24, 2.45) is 0 Å². The van der Waals surface area contributed by atoms with Crippen LogP contribution in [0.3, 0.4) is 0 Å². The second-order valence-corrected chi connectivity index (χ2v) is 4.03. The monoisotopic (exact) mass is 232 g/mol. The molecule has 0 aliphatic carbocycles. The highest BCUT2D eigenvalue weighted by atomic mass is 16.5. The van der Waals surface area contributed by atoms with E-state index in [1.807, 2.05) is 30.3 Å². The summed E-state index contributed by atoms with van der Waals surface area (Å²) in [5.74, 6) is 0.719. The van der Waals surface area contributed by atoms with Crippen LogP contribution in [-0.2, 0) is 4.74 Å². The molecule has 1 N–H and O–H groups in total. The Bertz CT molecular complexity index is 377. The van der Waals surface area contributed by atoms with Crippen molar-refractivity contribution >= 4 is 5.69 Å². The van der Waals surface area contributed by atoms with Gasteiger partial charge >= 0.3 is 0 Å². The van der Waals surface area contributed by atoms with Crippen LogP contribution < -0.4 is 10.1 Å². The Hall–Kier alpha value is -1.73. The van der Waals surface area contributed by atoms with Crippen LogP contribution in [0.5, 0.6) is 5.75 Å². The van der Waals surface area contributed by atoms with Gasteiger partial charge in [-0.3, -0.25) is 0 Å². The smallest absolute Gasteiger partial charge is 0.174 e. The van der Waals surface area contributed by atoms with Crippen molar-refractivity contribution < 1.29 is 9.47 Å². The summed E-state index contributed by atoms with van der Waals surface area (Å²) in [5, 5.41) is 11.8. The maximum absolute atomic E-state index is 8.40. The number of nitrogens with zero attached hydrogens (tertiary/aromatic N) is 1. The van der Waals surface area contributed by atoms with E-state index in [-0.39, 0.29) is 6.61 Å². The minimum atomic E-state index is 0.0865. The van der Waals surface area contributed by atoms with Crippen molar-refractivity contribution in [1.82, 2.24) is 0 Å². The molecule has 1 heterocycles. The summed E-state index contributed by atoms with van der Waals surface area (Å²) >= 11 is 0. The lowest BCUT2D eigenvalue weighted by atomic mass is 10.1. The quantitative estimate of drug-likeness (QED) is 0.864. The summed E-state index contributed by atoms with van der Waals surface area (Å²) in [6.07, 6.45) is 2.26. The van der Waals surface area contributed by atoms with Crippen molar-refractivity contribution in [3.8, 4) is 11.8 Å². The Labute approximate surface area is 101 Å². The second kappa shape index (κ2) is 6.12. The van der Waals surface area contributed by atoms with Crippen LogP contribution in [0.2, 0.25) is 0 Å². The highest BCUT2D eigenvalue weighted by Gasteiger charge is 2.12. The van der Waals surface area contributed by atoms with Gasteiger partial charge in [-0.15, -0.1) is 0 Å². The molecule has 1 atom stereocenters. The fourth-order valence-electron chi connectivity index (χ4n) is 1.85. The third kappa shape index (κ3) is 3.65. The van der Waals surface area contributed by atoms with Crippen molar-refractivity contribution in [2.75, 3.05) is 25.1 Å². The molecular formula is C13H16N2O2. The van der Waals surface area contributed by atoms with E-state index in [9.17, 15) is 0 Å². The van der Waals surface area contributed by atoms with Gasteiger partial charge in [0.15, 0.2) is 6.61 Å². The molecule has 0 saturated carbocycles. The standard InChI is InChI=1S/C13H16N2O2/c14-7-9-17-13-5-3-11(4-6-13)15-12-2-1-8-16-10-12/h3-6,12,15H,1-2,8-10H2. The fraction of sp³-hybridized carbons (Fsp3) is 0.462. The zero-order chi connectivity index (χ0) is 11.9. The molecular weight excluding hydrogens is 216 g/mol. The van der Waals surface area contributed by atoms with Crippen LogP contribution in [0.1, 0.15) is 12.8 Å². The Kier molecular flexibility index (Phi) is 4.23. The third-order valence-corrected chi connectivity index (χ3v) is 2.69. The van der Waals surface area contributed by atoms with E-state index in [4.69, 9.17) is 14.7 Å². The molecule has 0 radical (unpaired) electrons. The fourth-order valence-corrected chi connectivity index (χ4v) is 1.85. The first-order valence-electron chi connectivity index (χ1n) is 5.82. The molecule has 4 heteroatoms. The summed E-state index contributed by atoms with van der Waals surface area (Å²) in [6.45, 7) is 1.73. The van der Waals surface area contributed by atoms with Gasteiger partial charge in [0.25, 0.3) is 0 Å². The summed E-state index contributed by atoms with van der Waals surface area (Å²) in [7, 11) is 0. The van der Waals surface area contributed by atoms with Gasteiger partial charge in [-0.2, -0.15) is 5.26 Å². The van der Waals surface area contributed by atoms with Crippen LogP contribution in [-0.4, -0.2) is 25.9 Å². The number of rotatable bonds is 4. The average molecular weight is 232 g/mol. The number of benzene rings is 1. The van der Waals surface area contributed by atoms with E-state index < -0.39 is 0 Å². The molecule has 4 nitrogen and oxygen atoms in total. The van der Waals surface area contributed by atoms with Gasteiger partial charge in [0.2, 0.25) is 0 Å². The largest absolute Gasteiger partial charge is 0.479 e. The maximum atomic E-state index is 8.40. The first kappa shape index (κ1) is 11.7. The average Bonchev–Trinajstić information content (AvgIpc) is 2.39. The Morgan fingerprint density at radius 3 is 2.88 bits per heavy atom. The molecule has 17 heavy (non-hydrogen) atoms. The first-order chi connectivity index (χ1) is 8.38. The SMILES string of the molecule is N#CCOc1ccc(NC2CCCOC2)cc1. The van der Waals surface area contributed by atoms with Crippen molar-refractivity contribution in [3.63, 3.8) is 0 Å². The van der Waals surface area contributed by atoms with Gasteiger partial charge in [-0.1, -0.05) is 0 Å². The zero-order valence-electron chi connectivity index (χ0n) is 9.69. The molecule has 1 aromatic carbocycles. The van der Waals surface area contributed by atoms with Crippen molar-refractivity contribution in [1.29, 1.82) is 5.26 Å². The van der Waals surface area contributed by atoms with Gasteiger partial charge in [-0.05, 0) is 37.1 Å². The highest BCUT2D eigenvalue weighted by Crippen LogP contribution is 2.18. The molecule has 2 rings (SSSR count). The molecule has 1 unspecified atom stereocenters. The van der Waals surface area contributed by atoms with Gasteiger partial charge < -0.3 is 14.8 Å². The molecule has 1 aliphatic heterocycles. The highest BCUT2D eigenvalue weighted by molar-refractivity contribution is 5.47. The molecule has 1 fully saturated rings. The van der Waals surface area contributed by atoms with Gasteiger partial charge in [0, 0.05) is 18.3 Å². The normalized spacial score (nSPS) is 19.4. The Balaban J connectivity index is 1.86. The lowest BCUT2D eigenvalue weighted by Crippen LogP contribution is -2.29. The Morgan fingerprint density at radius 1 is 1.41 bits per heavy atom. The third-order valence-electron chi connectivity index (χ3n) is 2.69. The van der Waals surface area contributed by atoms with Crippen LogP contribution in [0.15, 0.2) is 24.3 Å². The van der Waals surface area contributed by atoms with E-state index in [0.717, 1.165) is 37.5 Å². The zero-order valence-corrected chi connectivity index (χ0v) is 9.69. The molecule has 1 aromatic rings. The minimum absolute atomic E-state index is 0.0865. The summed E-state index contributed by atoms with van der Waals surface area (Å²) < 4.78 is 10.6. The first-order valence-corrected chi connectivity index (χ1v) is 5.82. The lowest BCUT2D eigenvalue weighted by molar-refractivity contribution is 0.0876. The maximum Gasteiger partial charge on any atom is 0.174 e. The number of nitriles is 1. The van der Waals surface area contributed by atoms with Crippen molar-refractivity contribution in [2.45, 2.75) is 18.9 Å². The summed E-state index contributed by atoms with van der Waals surface area (Å²) in [6, 6.07) is 9.99. The van der Waals surface area contributed by atoms with Crippen LogP contribution in [0.4, 0.5) is 5.69 Å². The number of nitrogens with one attached hydrogen (secondary N) is 1. The van der Waals surface area contributed by atoms with Crippen LogP contribution in [0, 0.1) is 11.3 Å². The molecule has 90 valence electrons.